The quantitative estimate of drug-likeness (QED) is 0.309. The van der Waals surface area contributed by atoms with E-state index in [1.165, 1.54) is 23.3 Å². The highest BCUT2D eigenvalue weighted by Crippen LogP contribution is 2.26. The number of rotatable bonds is 13. The number of aryl methyl sites for hydroxylation is 1. The summed E-state index contributed by atoms with van der Waals surface area (Å²) in [5.41, 5.74) is 2.80. The van der Waals surface area contributed by atoms with Crippen LogP contribution in [0.5, 0.6) is 5.75 Å². The van der Waals surface area contributed by atoms with Crippen LogP contribution in [-0.2, 0) is 20.6 Å². The number of halogens is 1. The van der Waals surface area contributed by atoms with Crippen LogP contribution in [0.1, 0.15) is 24.5 Å². The molecule has 36 heavy (non-hydrogen) atoms. The predicted octanol–water partition coefficient (Wildman–Crippen LogP) is 5.17. The summed E-state index contributed by atoms with van der Waals surface area (Å²) >= 11 is 1.78. The summed E-state index contributed by atoms with van der Waals surface area (Å²) in [6.45, 7) is 4.42. The van der Waals surface area contributed by atoms with Gasteiger partial charge in [-0.1, -0.05) is 29.8 Å². The number of hydrogen-bond donors (Lipinski definition) is 1. The van der Waals surface area contributed by atoms with Gasteiger partial charge in [-0.05, 0) is 80.1 Å². The number of nitrogens with zero attached hydrogens (tertiary/aromatic N) is 1. The number of hydrogen-bond acceptors (Lipinski definition) is 5. The largest absolute Gasteiger partial charge is 0.494 e. The maximum atomic E-state index is 13.4. The molecule has 192 valence electrons. The third kappa shape index (κ3) is 7.99. The molecule has 0 saturated carbocycles. The lowest BCUT2D eigenvalue weighted by Crippen LogP contribution is -2.41. The van der Waals surface area contributed by atoms with Crippen molar-refractivity contribution in [2.45, 2.75) is 30.9 Å². The summed E-state index contributed by atoms with van der Waals surface area (Å²) in [5.74, 6) is 1.39. The summed E-state index contributed by atoms with van der Waals surface area (Å²) < 4.78 is 46.5. The van der Waals surface area contributed by atoms with Gasteiger partial charge in [-0.3, -0.25) is 9.10 Å². The average Bonchev–Trinajstić information content (AvgIpc) is 2.87. The highest BCUT2D eigenvalue weighted by atomic mass is 32.2. The summed E-state index contributed by atoms with van der Waals surface area (Å²) in [6.07, 6.45) is 0.760. The molecule has 0 unspecified atom stereocenters. The Morgan fingerprint density at radius 2 is 1.67 bits per heavy atom. The van der Waals surface area contributed by atoms with Crippen LogP contribution in [0.2, 0.25) is 0 Å². The molecule has 0 spiro atoms. The van der Waals surface area contributed by atoms with Gasteiger partial charge in [-0.15, -0.1) is 0 Å². The molecule has 0 saturated heterocycles. The summed E-state index contributed by atoms with van der Waals surface area (Å²) in [7, 11) is -4.10. The summed E-state index contributed by atoms with van der Waals surface area (Å²) in [6, 6.07) is 19.4. The van der Waals surface area contributed by atoms with Gasteiger partial charge in [-0.2, -0.15) is 11.8 Å². The van der Waals surface area contributed by atoms with E-state index in [4.69, 9.17) is 4.74 Å². The Kier molecular flexibility index (Phi) is 10.2. The van der Waals surface area contributed by atoms with E-state index in [0.29, 0.717) is 24.6 Å². The minimum atomic E-state index is -4.10. The van der Waals surface area contributed by atoms with E-state index < -0.39 is 28.3 Å². The Morgan fingerprint density at radius 3 is 2.31 bits per heavy atom. The Balaban J connectivity index is 1.60. The average molecular weight is 531 g/mol. The van der Waals surface area contributed by atoms with E-state index in [0.717, 1.165) is 34.4 Å². The lowest BCUT2D eigenvalue weighted by atomic mass is 10.2. The first-order valence-electron chi connectivity index (χ1n) is 11.7. The van der Waals surface area contributed by atoms with Crippen molar-refractivity contribution in [2.24, 2.45) is 0 Å². The molecule has 0 aliphatic carbocycles. The molecule has 3 aromatic rings. The van der Waals surface area contributed by atoms with Gasteiger partial charge >= 0.3 is 0 Å². The van der Waals surface area contributed by atoms with Gasteiger partial charge in [0.1, 0.15) is 18.1 Å². The number of nitrogens with one attached hydrogen (secondary N) is 1. The zero-order valence-electron chi connectivity index (χ0n) is 20.4. The third-order valence-corrected chi connectivity index (χ3v) is 8.20. The van der Waals surface area contributed by atoms with Crippen LogP contribution in [-0.4, -0.2) is 39.8 Å². The van der Waals surface area contributed by atoms with Crippen molar-refractivity contribution in [3.05, 3.63) is 89.7 Å². The second-order valence-corrected chi connectivity index (χ2v) is 11.1. The molecule has 0 fully saturated rings. The molecule has 9 heteroatoms. The van der Waals surface area contributed by atoms with Crippen LogP contribution < -0.4 is 14.4 Å². The lowest BCUT2D eigenvalue weighted by molar-refractivity contribution is -0.119. The van der Waals surface area contributed by atoms with E-state index in [9.17, 15) is 17.6 Å². The molecule has 1 amide bonds. The van der Waals surface area contributed by atoms with E-state index in [-0.39, 0.29) is 4.90 Å². The van der Waals surface area contributed by atoms with Crippen LogP contribution in [0, 0.1) is 12.7 Å². The fraction of sp³-hybridized carbons (Fsp3) is 0.296. The zero-order valence-corrected chi connectivity index (χ0v) is 22.1. The number of carbonyl (C=O) groups excluding carboxylic acids is 1. The number of benzene rings is 3. The van der Waals surface area contributed by atoms with Crippen molar-refractivity contribution in [3.63, 3.8) is 0 Å². The second-order valence-electron chi connectivity index (χ2n) is 8.13. The maximum absolute atomic E-state index is 13.4. The standard InChI is InChI=1S/C27H31FN2O4S2/c1-3-34-25-13-11-24(12-14-25)30(36(32,33)26-15-9-23(28)10-16-26)19-27(31)29-17-4-18-35-20-22-7-5-21(2)6-8-22/h5-16H,3-4,17-20H2,1-2H3,(H,29,31). The molecule has 0 heterocycles. The zero-order chi connectivity index (χ0) is 26.0. The Morgan fingerprint density at radius 1 is 1.00 bits per heavy atom. The van der Waals surface area contributed by atoms with Crippen molar-refractivity contribution in [2.75, 3.05) is 29.8 Å². The van der Waals surface area contributed by atoms with Crippen molar-refractivity contribution in [3.8, 4) is 5.75 Å². The third-order valence-electron chi connectivity index (χ3n) is 5.30. The van der Waals surface area contributed by atoms with Crippen LogP contribution in [0.3, 0.4) is 0 Å². The highest BCUT2D eigenvalue weighted by Gasteiger charge is 2.27. The van der Waals surface area contributed by atoms with Gasteiger partial charge < -0.3 is 10.1 Å². The van der Waals surface area contributed by atoms with Gasteiger partial charge in [-0.25, -0.2) is 12.8 Å². The smallest absolute Gasteiger partial charge is 0.264 e. The number of sulfonamides is 1. The molecule has 0 aliphatic rings. The van der Waals surface area contributed by atoms with Crippen molar-refractivity contribution < 1.29 is 22.3 Å². The SMILES string of the molecule is CCOc1ccc(N(CC(=O)NCCCSCc2ccc(C)cc2)S(=O)(=O)c2ccc(F)cc2)cc1. The first-order chi connectivity index (χ1) is 17.3. The van der Waals surface area contributed by atoms with Crippen LogP contribution in [0.4, 0.5) is 10.1 Å². The van der Waals surface area contributed by atoms with Crippen molar-refractivity contribution in [1.29, 1.82) is 0 Å². The Bertz CT molecular complexity index is 1220. The molecule has 6 nitrogen and oxygen atoms in total. The van der Waals surface area contributed by atoms with Gasteiger partial charge in [0, 0.05) is 12.3 Å². The van der Waals surface area contributed by atoms with E-state index in [1.54, 1.807) is 36.0 Å². The number of anilines is 1. The molecular formula is C27H31FN2O4S2. The lowest BCUT2D eigenvalue weighted by Gasteiger charge is -2.24. The topological polar surface area (TPSA) is 75.7 Å². The number of thioether (sulfide) groups is 1. The highest BCUT2D eigenvalue weighted by molar-refractivity contribution is 7.98. The summed E-state index contributed by atoms with van der Waals surface area (Å²) in [4.78, 5) is 12.6. The monoisotopic (exact) mass is 530 g/mol. The maximum Gasteiger partial charge on any atom is 0.264 e. The fourth-order valence-electron chi connectivity index (χ4n) is 3.39. The van der Waals surface area contributed by atoms with E-state index in [1.807, 2.05) is 6.92 Å². The van der Waals surface area contributed by atoms with Gasteiger partial charge in [0.05, 0.1) is 17.2 Å². The minimum absolute atomic E-state index is 0.0990. The molecular weight excluding hydrogens is 499 g/mol. The van der Waals surface area contributed by atoms with Gasteiger partial charge in [0.25, 0.3) is 10.0 Å². The second kappa shape index (κ2) is 13.3. The van der Waals surface area contributed by atoms with E-state index >= 15 is 0 Å². The molecule has 3 aromatic carbocycles. The molecule has 0 aliphatic heterocycles. The number of carbonyl (C=O) groups is 1. The Labute approximate surface area is 216 Å². The number of ether oxygens (including phenoxy) is 1. The minimum Gasteiger partial charge on any atom is -0.494 e. The van der Waals surface area contributed by atoms with Crippen LogP contribution in [0.25, 0.3) is 0 Å². The number of amides is 1. The molecule has 0 aromatic heterocycles. The molecule has 1 N–H and O–H groups in total. The fourth-order valence-corrected chi connectivity index (χ4v) is 5.73. The molecule has 0 radical (unpaired) electrons. The van der Waals surface area contributed by atoms with Crippen LogP contribution >= 0.6 is 11.8 Å². The van der Waals surface area contributed by atoms with Gasteiger partial charge in [0.15, 0.2) is 0 Å². The predicted molar refractivity (Wildman–Crippen MR) is 144 cm³/mol. The summed E-state index contributed by atoms with van der Waals surface area (Å²) in [5, 5.41) is 2.81. The van der Waals surface area contributed by atoms with Crippen molar-refractivity contribution in [1.82, 2.24) is 5.32 Å². The molecule has 3 rings (SSSR count). The molecule has 0 bridgehead atoms. The van der Waals surface area contributed by atoms with Gasteiger partial charge in [0.2, 0.25) is 5.91 Å². The van der Waals surface area contributed by atoms with Crippen molar-refractivity contribution >= 4 is 33.4 Å². The first kappa shape index (κ1) is 27.5. The normalized spacial score (nSPS) is 11.2. The molecule has 0 atom stereocenters. The first-order valence-corrected chi connectivity index (χ1v) is 14.3. The Hall–Kier alpha value is -3.04. The van der Waals surface area contributed by atoms with E-state index in [2.05, 4.69) is 36.5 Å². The van der Waals surface area contributed by atoms with Crippen LogP contribution in [0.15, 0.2) is 77.7 Å².